The van der Waals surface area contributed by atoms with Gasteiger partial charge in [-0.2, -0.15) is 0 Å². The predicted octanol–water partition coefficient (Wildman–Crippen LogP) is 3.37. The zero-order valence-electron chi connectivity index (χ0n) is 11.2. The third-order valence-corrected chi connectivity index (χ3v) is 3.49. The Morgan fingerprint density at radius 1 is 1.15 bits per heavy atom. The van der Waals surface area contributed by atoms with Crippen molar-refractivity contribution in [2.24, 2.45) is 0 Å². The summed E-state index contributed by atoms with van der Waals surface area (Å²) < 4.78 is 0. The van der Waals surface area contributed by atoms with Gasteiger partial charge in [-0.15, -0.1) is 11.6 Å². The van der Waals surface area contributed by atoms with Gasteiger partial charge in [0, 0.05) is 23.6 Å². The summed E-state index contributed by atoms with van der Waals surface area (Å²) in [6, 6.07) is 12.7. The molecule has 1 amide bonds. The van der Waals surface area contributed by atoms with Crippen LogP contribution in [0.25, 0.3) is 0 Å². The summed E-state index contributed by atoms with van der Waals surface area (Å²) in [5, 5.41) is 12.4. The van der Waals surface area contributed by atoms with Crippen LogP contribution in [0.4, 0.5) is 0 Å². The number of benzene rings is 2. The maximum absolute atomic E-state index is 12.1. The molecule has 0 heterocycles. The number of halogens is 1. The lowest BCUT2D eigenvalue weighted by Gasteiger charge is -2.09. The van der Waals surface area contributed by atoms with Crippen LogP contribution in [0.2, 0.25) is 0 Å². The van der Waals surface area contributed by atoms with E-state index in [4.69, 9.17) is 11.6 Å². The minimum Gasteiger partial charge on any atom is -0.508 e. The van der Waals surface area contributed by atoms with E-state index in [0.29, 0.717) is 23.6 Å². The molecule has 0 aliphatic heterocycles. The minimum atomic E-state index is -0.195. The molecule has 0 aliphatic rings. The Kier molecular flexibility index (Phi) is 4.64. The van der Waals surface area contributed by atoms with E-state index in [0.717, 1.165) is 11.1 Å². The Hall–Kier alpha value is -2.00. The summed E-state index contributed by atoms with van der Waals surface area (Å²) in [6.07, 6.45) is 0. The molecule has 0 spiro atoms. The first-order chi connectivity index (χ1) is 9.61. The number of hydrogen-bond donors (Lipinski definition) is 2. The van der Waals surface area contributed by atoms with E-state index < -0.39 is 0 Å². The van der Waals surface area contributed by atoms with Gasteiger partial charge in [0.25, 0.3) is 5.91 Å². The average Bonchev–Trinajstić information content (AvgIpc) is 2.48. The van der Waals surface area contributed by atoms with Gasteiger partial charge in [-0.3, -0.25) is 4.79 Å². The van der Waals surface area contributed by atoms with Gasteiger partial charge >= 0.3 is 0 Å². The maximum Gasteiger partial charge on any atom is 0.251 e. The van der Waals surface area contributed by atoms with Crippen LogP contribution in [0.3, 0.4) is 0 Å². The molecule has 0 saturated heterocycles. The number of aromatic hydroxyl groups is 1. The van der Waals surface area contributed by atoms with Crippen molar-refractivity contribution in [1.82, 2.24) is 5.32 Å². The number of phenolic OH excluding ortho intramolecular Hbond substituents is 1. The molecule has 0 unspecified atom stereocenters. The summed E-state index contributed by atoms with van der Waals surface area (Å²) in [5.41, 5.74) is 3.13. The molecular weight excluding hydrogens is 274 g/mol. The lowest BCUT2D eigenvalue weighted by Crippen LogP contribution is -2.23. The van der Waals surface area contributed by atoms with Crippen LogP contribution < -0.4 is 5.32 Å². The first kappa shape index (κ1) is 14.4. The zero-order valence-corrected chi connectivity index (χ0v) is 11.9. The third-order valence-electron chi connectivity index (χ3n) is 3.18. The molecule has 0 radical (unpaired) electrons. The summed E-state index contributed by atoms with van der Waals surface area (Å²) in [7, 11) is 0. The molecule has 3 nitrogen and oxygen atoms in total. The van der Waals surface area contributed by atoms with E-state index in [2.05, 4.69) is 5.32 Å². The number of carbonyl (C=O) groups excluding carboxylic acids is 1. The lowest BCUT2D eigenvalue weighted by molar-refractivity contribution is 0.0950. The molecular formula is C16H16ClNO2. The molecule has 0 aliphatic carbocycles. The van der Waals surface area contributed by atoms with Crippen LogP contribution in [0, 0.1) is 6.92 Å². The normalized spacial score (nSPS) is 10.3. The van der Waals surface area contributed by atoms with Crippen molar-refractivity contribution >= 4 is 17.5 Å². The fraction of sp³-hybridized carbons (Fsp3) is 0.188. The topological polar surface area (TPSA) is 49.3 Å². The highest BCUT2D eigenvalue weighted by Gasteiger charge is 2.10. The van der Waals surface area contributed by atoms with E-state index >= 15 is 0 Å². The first-order valence-electron chi connectivity index (χ1n) is 6.32. The van der Waals surface area contributed by atoms with Crippen molar-refractivity contribution < 1.29 is 9.90 Å². The van der Waals surface area contributed by atoms with Gasteiger partial charge in [-0.25, -0.2) is 0 Å². The Morgan fingerprint density at radius 3 is 2.45 bits per heavy atom. The molecule has 104 valence electrons. The molecule has 2 aromatic carbocycles. The van der Waals surface area contributed by atoms with Crippen molar-refractivity contribution in [3.05, 3.63) is 64.7 Å². The minimum absolute atomic E-state index is 0.129. The molecule has 2 rings (SSSR count). The van der Waals surface area contributed by atoms with Gasteiger partial charge in [0.1, 0.15) is 5.75 Å². The van der Waals surface area contributed by atoms with Crippen LogP contribution in [0.5, 0.6) is 5.75 Å². The zero-order chi connectivity index (χ0) is 14.5. The standard InChI is InChI=1S/C16H16ClNO2/c1-11-14(3-2-4-15(11)19)16(20)18-10-13-7-5-12(9-17)6-8-13/h2-8,19H,9-10H2,1H3,(H,18,20). The number of alkyl halides is 1. The SMILES string of the molecule is Cc1c(O)cccc1C(=O)NCc1ccc(CCl)cc1. The Labute approximate surface area is 123 Å². The van der Waals surface area contributed by atoms with Crippen LogP contribution in [-0.4, -0.2) is 11.0 Å². The van der Waals surface area contributed by atoms with Gasteiger partial charge < -0.3 is 10.4 Å². The van der Waals surface area contributed by atoms with Crippen LogP contribution in [-0.2, 0) is 12.4 Å². The van der Waals surface area contributed by atoms with Crippen LogP contribution >= 0.6 is 11.6 Å². The fourth-order valence-corrected chi connectivity index (χ4v) is 2.07. The molecule has 20 heavy (non-hydrogen) atoms. The molecule has 0 saturated carbocycles. The van der Waals surface area contributed by atoms with Gasteiger partial charge in [-0.05, 0) is 30.2 Å². The predicted molar refractivity (Wildman–Crippen MR) is 80.0 cm³/mol. The second-order valence-electron chi connectivity index (χ2n) is 4.58. The lowest BCUT2D eigenvalue weighted by atomic mass is 10.1. The summed E-state index contributed by atoms with van der Waals surface area (Å²) in [4.78, 5) is 12.1. The summed E-state index contributed by atoms with van der Waals surface area (Å²) in [6.45, 7) is 2.16. The van der Waals surface area contributed by atoms with Crippen molar-refractivity contribution in [3.63, 3.8) is 0 Å². The van der Waals surface area contributed by atoms with Crippen LogP contribution in [0.1, 0.15) is 27.0 Å². The summed E-state index contributed by atoms with van der Waals surface area (Å²) in [5.74, 6) is 0.415. The fourth-order valence-electron chi connectivity index (χ4n) is 1.89. The van der Waals surface area contributed by atoms with Crippen LogP contribution in [0.15, 0.2) is 42.5 Å². The highest BCUT2D eigenvalue weighted by atomic mass is 35.5. The highest BCUT2D eigenvalue weighted by Crippen LogP contribution is 2.19. The van der Waals surface area contributed by atoms with Crippen molar-refractivity contribution in [3.8, 4) is 5.75 Å². The number of phenols is 1. The smallest absolute Gasteiger partial charge is 0.251 e. The Bertz CT molecular complexity index is 608. The number of amides is 1. The van der Waals surface area contributed by atoms with E-state index in [9.17, 15) is 9.90 Å². The molecule has 0 atom stereocenters. The van der Waals surface area contributed by atoms with Crippen molar-refractivity contribution in [2.45, 2.75) is 19.3 Å². The maximum atomic E-state index is 12.1. The first-order valence-corrected chi connectivity index (χ1v) is 6.86. The largest absolute Gasteiger partial charge is 0.508 e. The van der Waals surface area contributed by atoms with Crippen molar-refractivity contribution in [1.29, 1.82) is 0 Å². The molecule has 0 bridgehead atoms. The molecule has 0 aromatic heterocycles. The third kappa shape index (κ3) is 3.31. The highest BCUT2D eigenvalue weighted by molar-refractivity contribution is 6.17. The monoisotopic (exact) mass is 289 g/mol. The number of nitrogens with one attached hydrogen (secondary N) is 1. The Morgan fingerprint density at radius 2 is 1.80 bits per heavy atom. The van der Waals surface area contributed by atoms with E-state index in [1.165, 1.54) is 0 Å². The Balaban J connectivity index is 2.02. The number of carbonyl (C=O) groups is 1. The molecule has 2 aromatic rings. The molecule has 4 heteroatoms. The average molecular weight is 290 g/mol. The number of rotatable bonds is 4. The quantitative estimate of drug-likeness (QED) is 0.848. The molecule has 2 N–H and O–H groups in total. The van der Waals surface area contributed by atoms with E-state index in [1.54, 1.807) is 25.1 Å². The van der Waals surface area contributed by atoms with Crippen molar-refractivity contribution in [2.75, 3.05) is 0 Å². The van der Waals surface area contributed by atoms with E-state index in [-0.39, 0.29) is 11.7 Å². The van der Waals surface area contributed by atoms with Gasteiger partial charge in [0.05, 0.1) is 0 Å². The van der Waals surface area contributed by atoms with Gasteiger partial charge in [0.2, 0.25) is 0 Å². The van der Waals surface area contributed by atoms with Gasteiger partial charge in [0.15, 0.2) is 0 Å². The van der Waals surface area contributed by atoms with E-state index in [1.807, 2.05) is 24.3 Å². The summed E-state index contributed by atoms with van der Waals surface area (Å²) >= 11 is 5.73. The molecule has 0 fully saturated rings. The second kappa shape index (κ2) is 6.44. The van der Waals surface area contributed by atoms with Gasteiger partial charge in [-0.1, -0.05) is 30.3 Å². The number of hydrogen-bond acceptors (Lipinski definition) is 2. The second-order valence-corrected chi connectivity index (χ2v) is 4.85.